The maximum absolute atomic E-state index is 13.5. The van der Waals surface area contributed by atoms with Crippen molar-refractivity contribution in [1.82, 2.24) is 4.90 Å². The summed E-state index contributed by atoms with van der Waals surface area (Å²) in [7, 11) is 0. The van der Waals surface area contributed by atoms with Crippen LogP contribution < -0.4 is 0 Å². The van der Waals surface area contributed by atoms with Crippen molar-refractivity contribution in [3.05, 3.63) is 86.5 Å². The number of amidine groups is 1. The lowest BCUT2D eigenvalue weighted by Gasteiger charge is -2.30. The molecule has 1 aromatic heterocycles. The molecule has 9 heteroatoms. The molecule has 0 spiro atoms. The molecular weight excluding hydrogens is 486 g/mol. The molecule has 0 atom stereocenters. The van der Waals surface area contributed by atoms with E-state index < -0.39 is 4.92 Å². The number of nitro groups is 1. The number of furan rings is 1. The first kappa shape index (κ1) is 23.4. The average Bonchev–Trinajstić information content (AvgIpc) is 3.45. The van der Waals surface area contributed by atoms with E-state index >= 15 is 0 Å². The summed E-state index contributed by atoms with van der Waals surface area (Å²) in [4.78, 5) is 31.3. The molecule has 178 valence electrons. The fraction of sp³-hybridized carbons (Fsp3) is 0.231. The van der Waals surface area contributed by atoms with Crippen LogP contribution in [0.5, 0.6) is 0 Å². The lowest BCUT2D eigenvalue weighted by Crippen LogP contribution is -2.40. The Bertz CT molecular complexity index is 1330. The molecule has 2 heterocycles. The summed E-state index contributed by atoms with van der Waals surface area (Å²) in [5.41, 5.74) is 1.14. The first-order chi connectivity index (χ1) is 17.0. The Balaban J connectivity index is 1.47. The molecule has 0 radical (unpaired) electrons. The highest BCUT2D eigenvalue weighted by Crippen LogP contribution is 2.39. The second-order valence-corrected chi connectivity index (χ2v) is 9.85. The number of thioether (sulfide) groups is 1. The van der Waals surface area contributed by atoms with Gasteiger partial charge in [-0.3, -0.25) is 19.8 Å². The van der Waals surface area contributed by atoms with E-state index in [9.17, 15) is 14.9 Å². The van der Waals surface area contributed by atoms with Gasteiger partial charge in [0.15, 0.2) is 5.17 Å². The van der Waals surface area contributed by atoms with Crippen LogP contribution in [0.15, 0.2) is 75.0 Å². The lowest BCUT2D eigenvalue weighted by molar-refractivity contribution is -0.384. The zero-order valence-electron chi connectivity index (χ0n) is 18.7. The number of para-hydroxylation sites is 1. The van der Waals surface area contributed by atoms with Crippen LogP contribution >= 0.6 is 23.4 Å². The van der Waals surface area contributed by atoms with Crippen LogP contribution in [0.4, 0.5) is 11.4 Å². The van der Waals surface area contributed by atoms with E-state index in [4.69, 9.17) is 21.0 Å². The second kappa shape index (κ2) is 10.1. The Labute approximate surface area is 211 Å². The van der Waals surface area contributed by atoms with Crippen molar-refractivity contribution in [2.24, 2.45) is 4.99 Å². The zero-order valence-corrected chi connectivity index (χ0v) is 20.3. The van der Waals surface area contributed by atoms with E-state index in [1.165, 1.54) is 36.4 Å². The smallest absolute Gasteiger partial charge is 0.270 e. The standard InChI is InChI=1S/C26H22ClN3O4S/c27-22-13-11-19(30(32)33)15-21(22)23-14-12-20(34-23)16-24-25(31)29(18-9-5-2-6-10-18)26(35-24)28-17-7-3-1-4-8-17/h1,3-4,7-8,11-16,18H,2,5-6,9-10H2/b24-16-,28-26?. The molecule has 1 aliphatic carbocycles. The Hall–Kier alpha value is -3.36. The Kier molecular flexibility index (Phi) is 6.74. The summed E-state index contributed by atoms with van der Waals surface area (Å²) in [6, 6.07) is 17.4. The topological polar surface area (TPSA) is 88.9 Å². The van der Waals surface area contributed by atoms with Gasteiger partial charge >= 0.3 is 0 Å². The lowest BCUT2D eigenvalue weighted by atomic mass is 9.94. The summed E-state index contributed by atoms with van der Waals surface area (Å²) < 4.78 is 5.92. The van der Waals surface area contributed by atoms with Crippen molar-refractivity contribution in [2.75, 3.05) is 0 Å². The number of nitro benzene ring substituents is 1. The van der Waals surface area contributed by atoms with Crippen LogP contribution in [0.1, 0.15) is 37.9 Å². The molecule has 2 aromatic carbocycles. The highest BCUT2D eigenvalue weighted by molar-refractivity contribution is 8.18. The number of amides is 1. The summed E-state index contributed by atoms with van der Waals surface area (Å²) in [6.45, 7) is 0. The zero-order chi connectivity index (χ0) is 24.4. The van der Waals surface area contributed by atoms with Gasteiger partial charge in [-0.15, -0.1) is 0 Å². The van der Waals surface area contributed by atoms with Crippen molar-refractivity contribution in [3.8, 4) is 11.3 Å². The quantitative estimate of drug-likeness (QED) is 0.203. The predicted molar refractivity (Wildman–Crippen MR) is 139 cm³/mol. The molecule has 1 amide bonds. The van der Waals surface area contributed by atoms with Gasteiger partial charge in [0.1, 0.15) is 11.5 Å². The number of non-ortho nitro benzene ring substituents is 1. The highest BCUT2D eigenvalue weighted by Gasteiger charge is 2.38. The Morgan fingerprint density at radius 2 is 1.86 bits per heavy atom. The molecular formula is C26H22ClN3O4S. The number of rotatable bonds is 5. The van der Waals surface area contributed by atoms with Crippen molar-refractivity contribution < 1.29 is 14.1 Å². The molecule has 1 saturated heterocycles. The number of hydrogen-bond acceptors (Lipinski definition) is 6. The number of halogens is 1. The van der Waals surface area contributed by atoms with Crippen molar-refractivity contribution in [1.29, 1.82) is 0 Å². The fourth-order valence-corrected chi connectivity index (χ4v) is 5.61. The molecule has 35 heavy (non-hydrogen) atoms. The monoisotopic (exact) mass is 507 g/mol. The predicted octanol–water partition coefficient (Wildman–Crippen LogP) is 7.44. The van der Waals surface area contributed by atoms with E-state index in [2.05, 4.69) is 0 Å². The van der Waals surface area contributed by atoms with Crippen molar-refractivity contribution >= 4 is 51.9 Å². The minimum Gasteiger partial charge on any atom is -0.457 e. The maximum Gasteiger partial charge on any atom is 0.270 e. The summed E-state index contributed by atoms with van der Waals surface area (Å²) in [5.74, 6) is 0.772. The first-order valence-electron chi connectivity index (χ1n) is 11.4. The summed E-state index contributed by atoms with van der Waals surface area (Å²) in [6.07, 6.45) is 7.01. The summed E-state index contributed by atoms with van der Waals surface area (Å²) >= 11 is 7.60. The molecule has 1 saturated carbocycles. The molecule has 1 aliphatic heterocycles. The molecule has 0 bridgehead atoms. The van der Waals surface area contributed by atoms with E-state index in [1.54, 1.807) is 18.2 Å². The van der Waals surface area contributed by atoms with Crippen LogP contribution in [-0.4, -0.2) is 26.9 Å². The molecule has 0 unspecified atom stereocenters. The third-order valence-electron chi connectivity index (χ3n) is 6.08. The largest absolute Gasteiger partial charge is 0.457 e. The Morgan fingerprint density at radius 3 is 2.60 bits per heavy atom. The highest BCUT2D eigenvalue weighted by atomic mass is 35.5. The van der Waals surface area contributed by atoms with E-state index in [0.29, 0.717) is 32.2 Å². The van der Waals surface area contributed by atoms with Gasteiger partial charge in [-0.05, 0) is 54.9 Å². The summed E-state index contributed by atoms with van der Waals surface area (Å²) in [5, 5.41) is 12.2. The van der Waals surface area contributed by atoms with Crippen LogP contribution in [0.3, 0.4) is 0 Å². The number of hydrogen-bond donors (Lipinski definition) is 0. The van der Waals surface area contributed by atoms with E-state index in [0.717, 1.165) is 31.4 Å². The van der Waals surface area contributed by atoms with Gasteiger partial charge in [-0.25, -0.2) is 4.99 Å². The van der Waals surface area contributed by atoms with Crippen molar-refractivity contribution in [2.45, 2.75) is 38.1 Å². The van der Waals surface area contributed by atoms with Gasteiger partial charge < -0.3 is 4.42 Å². The first-order valence-corrected chi connectivity index (χ1v) is 12.6. The van der Waals surface area contributed by atoms with Crippen LogP contribution in [0, 0.1) is 10.1 Å². The van der Waals surface area contributed by atoms with Gasteiger partial charge in [-0.2, -0.15) is 0 Å². The molecule has 2 fully saturated rings. The minimum absolute atomic E-state index is 0.0767. The number of nitrogens with zero attached hydrogens (tertiary/aromatic N) is 3. The van der Waals surface area contributed by atoms with E-state index in [-0.39, 0.29) is 17.6 Å². The second-order valence-electron chi connectivity index (χ2n) is 8.43. The van der Waals surface area contributed by atoms with Gasteiger partial charge in [-0.1, -0.05) is 49.1 Å². The molecule has 5 rings (SSSR count). The van der Waals surface area contributed by atoms with Gasteiger partial charge in [0.05, 0.1) is 20.5 Å². The van der Waals surface area contributed by atoms with Crippen LogP contribution in [-0.2, 0) is 4.79 Å². The number of carbonyl (C=O) groups is 1. The number of aliphatic imine (C=N–C) groups is 1. The SMILES string of the molecule is O=C1/C(=C/c2ccc(-c3cc([N+](=O)[O-])ccc3Cl)o2)SC(=Nc2ccccc2)N1C1CCCCC1. The minimum atomic E-state index is -0.479. The van der Waals surface area contributed by atoms with Crippen molar-refractivity contribution in [3.63, 3.8) is 0 Å². The third kappa shape index (κ3) is 5.04. The third-order valence-corrected chi connectivity index (χ3v) is 7.40. The average molecular weight is 508 g/mol. The van der Waals surface area contributed by atoms with Crippen LogP contribution in [0.25, 0.3) is 17.4 Å². The van der Waals surface area contributed by atoms with Crippen LogP contribution in [0.2, 0.25) is 5.02 Å². The molecule has 0 N–H and O–H groups in total. The van der Waals surface area contributed by atoms with Gasteiger partial charge in [0.25, 0.3) is 11.6 Å². The Morgan fingerprint density at radius 1 is 1.09 bits per heavy atom. The van der Waals surface area contributed by atoms with E-state index in [1.807, 2.05) is 35.2 Å². The molecule has 3 aromatic rings. The fourth-order valence-electron chi connectivity index (χ4n) is 4.36. The number of carbonyl (C=O) groups excluding carboxylic acids is 1. The number of benzene rings is 2. The molecule has 2 aliphatic rings. The maximum atomic E-state index is 13.5. The normalized spacial score (nSPS) is 19.1. The van der Waals surface area contributed by atoms with Gasteiger partial charge in [0.2, 0.25) is 0 Å². The van der Waals surface area contributed by atoms with Gasteiger partial charge in [0, 0.05) is 29.8 Å². The molecule has 7 nitrogen and oxygen atoms in total.